The zero-order valence-electron chi connectivity index (χ0n) is 13.9. The van der Waals surface area contributed by atoms with Crippen molar-refractivity contribution in [3.05, 3.63) is 35.4 Å². The number of fused-ring (bicyclic) bond motifs is 1. The van der Waals surface area contributed by atoms with Gasteiger partial charge in [0.1, 0.15) is 0 Å². The summed E-state index contributed by atoms with van der Waals surface area (Å²) in [5.74, 6) is 2.78. The van der Waals surface area contributed by atoms with Crippen LogP contribution in [-0.4, -0.2) is 71.2 Å². The maximum atomic E-state index is 10.3. The quantitative estimate of drug-likeness (QED) is 0.402. The van der Waals surface area contributed by atoms with E-state index in [9.17, 15) is 5.11 Å². The van der Waals surface area contributed by atoms with Gasteiger partial charge in [0.05, 0.1) is 12.6 Å². The third kappa shape index (κ3) is 5.50. The highest BCUT2D eigenvalue weighted by atomic mass is 127. The highest BCUT2D eigenvalue weighted by molar-refractivity contribution is 14.0. The summed E-state index contributed by atoms with van der Waals surface area (Å²) in [5.41, 5.74) is 8.84. The molecule has 1 atom stereocenters. The van der Waals surface area contributed by atoms with E-state index in [0.29, 0.717) is 19.0 Å². The maximum absolute atomic E-state index is 10.3. The van der Waals surface area contributed by atoms with E-state index in [-0.39, 0.29) is 24.0 Å². The van der Waals surface area contributed by atoms with E-state index in [1.807, 2.05) is 11.8 Å². The molecule has 0 radical (unpaired) electrons. The van der Waals surface area contributed by atoms with E-state index in [0.717, 1.165) is 44.1 Å². The molecule has 1 aromatic carbocycles. The maximum Gasteiger partial charge on any atom is 0.191 e. The molecule has 2 heterocycles. The molecule has 134 valence electrons. The number of aliphatic imine (C=N–C) groups is 1. The normalized spacial score (nSPS) is 20.2. The first-order valence-corrected chi connectivity index (χ1v) is 9.47. The third-order valence-electron chi connectivity index (χ3n) is 4.48. The number of β-amino-alcohol motifs (C(OH)–C–C–N with tert-alkyl or cyclic N) is 1. The highest BCUT2D eigenvalue weighted by Gasteiger charge is 2.18. The van der Waals surface area contributed by atoms with Gasteiger partial charge in [0.2, 0.25) is 0 Å². The summed E-state index contributed by atoms with van der Waals surface area (Å²) in [6, 6.07) is 8.56. The molecule has 0 spiro atoms. The predicted octanol–water partition coefficient (Wildman–Crippen LogP) is 1.39. The molecule has 3 N–H and O–H groups in total. The highest BCUT2D eigenvalue weighted by Crippen LogP contribution is 2.18. The molecule has 24 heavy (non-hydrogen) atoms. The van der Waals surface area contributed by atoms with Gasteiger partial charge in [-0.3, -0.25) is 9.89 Å². The average molecular weight is 462 g/mol. The van der Waals surface area contributed by atoms with Gasteiger partial charge in [0.25, 0.3) is 0 Å². The van der Waals surface area contributed by atoms with Crippen molar-refractivity contribution < 1.29 is 5.11 Å². The third-order valence-corrected chi connectivity index (χ3v) is 5.42. The fraction of sp³-hybridized carbons (Fsp3) is 0.588. The number of thioether (sulfide) groups is 1. The Labute approximate surface area is 165 Å². The second-order valence-electron chi connectivity index (χ2n) is 6.21. The lowest BCUT2D eigenvalue weighted by Crippen LogP contribution is -2.43. The monoisotopic (exact) mass is 462 g/mol. The number of aliphatic hydroxyl groups is 1. The Morgan fingerprint density at radius 2 is 1.92 bits per heavy atom. The Kier molecular flexibility index (Phi) is 8.12. The summed E-state index contributed by atoms with van der Waals surface area (Å²) in [5, 5.41) is 10.3. The van der Waals surface area contributed by atoms with E-state index in [2.05, 4.69) is 39.1 Å². The number of guanidine groups is 1. The van der Waals surface area contributed by atoms with Crippen molar-refractivity contribution in [1.29, 1.82) is 0 Å². The topological polar surface area (TPSA) is 65.1 Å². The molecule has 1 unspecified atom stereocenters. The van der Waals surface area contributed by atoms with E-state index < -0.39 is 6.10 Å². The van der Waals surface area contributed by atoms with Crippen molar-refractivity contribution in [2.75, 3.05) is 44.2 Å². The lowest BCUT2D eigenvalue weighted by Gasteiger charge is -2.30. The van der Waals surface area contributed by atoms with Crippen molar-refractivity contribution >= 4 is 41.7 Å². The second kappa shape index (κ2) is 9.84. The number of hydrogen-bond donors (Lipinski definition) is 2. The number of halogens is 1. The van der Waals surface area contributed by atoms with Crippen LogP contribution in [0.3, 0.4) is 0 Å². The first kappa shape index (κ1) is 19.8. The minimum atomic E-state index is -0.460. The van der Waals surface area contributed by atoms with Crippen LogP contribution in [0.5, 0.6) is 0 Å². The Balaban J connectivity index is 0.00000208. The van der Waals surface area contributed by atoms with Crippen LogP contribution in [0.2, 0.25) is 0 Å². The van der Waals surface area contributed by atoms with Gasteiger partial charge in [0, 0.05) is 44.2 Å². The van der Waals surface area contributed by atoms with Gasteiger partial charge in [-0.05, 0) is 17.5 Å². The van der Waals surface area contributed by atoms with Crippen molar-refractivity contribution in [2.24, 2.45) is 10.7 Å². The molecule has 2 aliphatic rings. The molecular formula is C17H27IN4OS. The minimum absolute atomic E-state index is 0. The molecule has 1 saturated heterocycles. The number of nitrogens with two attached hydrogens (primary N) is 1. The summed E-state index contributed by atoms with van der Waals surface area (Å²) in [6.07, 6.45) is 0.595. The number of aliphatic hydroxyl groups excluding tert-OH is 1. The molecule has 0 saturated carbocycles. The standard InChI is InChI=1S/C17H26N4OS.HI/c18-17(21-7-9-23-10-8-21)19-11-16(22)13-20-6-5-14-3-1-2-4-15(14)12-20;/h1-4,16,22H,5-13H2,(H2,18,19);1H. The largest absolute Gasteiger partial charge is 0.390 e. The lowest BCUT2D eigenvalue weighted by molar-refractivity contribution is 0.111. The van der Waals surface area contributed by atoms with Crippen molar-refractivity contribution in [3.63, 3.8) is 0 Å². The van der Waals surface area contributed by atoms with Crippen LogP contribution >= 0.6 is 35.7 Å². The van der Waals surface area contributed by atoms with E-state index in [1.165, 1.54) is 11.1 Å². The Bertz CT molecular complexity index is 551. The molecule has 1 fully saturated rings. The van der Waals surface area contributed by atoms with Crippen LogP contribution in [0, 0.1) is 0 Å². The molecule has 7 heteroatoms. The fourth-order valence-electron chi connectivity index (χ4n) is 3.16. The zero-order chi connectivity index (χ0) is 16.1. The van der Waals surface area contributed by atoms with Crippen LogP contribution in [0.15, 0.2) is 29.3 Å². The van der Waals surface area contributed by atoms with Gasteiger partial charge in [-0.1, -0.05) is 24.3 Å². The molecule has 0 amide bonds. The Hall–Kier alpha value is -0.510. The van der Waals surface area contributed by atoms with Crippen molar-refractivity contribution in [3.8, 4) is 0 Å². The van der Waals surface area contributed by atoms with Crippen LogP contribution in [-0.2, 0) is 13.0 Å². The summed E-state index contributed by atoms with van der Waals surface area (Å²) < 4.78 is 0. The second-order valence-corrected chi connectivity index (χ2v) is 7.43. The summed E-state index contributed by atoms with van der Waals surface area (Å²) in [7, 11) is 0. The van der Waals surface area contributed by atoms with E-state index >= 15 is 0 Å². The predicted molar refractivity (Wildman–Crippen MR) is 112 cm³/mol. The van der Waals surface area contributed by atoms with Gasteiger partial charge < -0.3 is 15.7 Å². The van der Waals surface area contributed by atoms with Crippen LogP contribution in [0.25, 0.3) is 0 Å². The molecule has 0 aromatic heterocycles. The number of nitrogens with zero attached hydrogens (tertiary/aromatic N) is 3. The van der Waals surface area contributed by atoms with Gasteiger partial charge >= 0.3 is 0 Å². The van der Waals surface area contributed by atoms with Gasteiger partial charge in [-0.25, -0.2) is 0 Å². The zero-order valence-corrected chi connectivity index (χ0v) is 17.1. The van der Waals surface area contributed by atoms with Gasteiger partial charge in [0.15, 0.2) is 5.96 Å². The van der Waals surface area contributed by atoms with Gasteiger partial charge in [-0.2, -0.15) is 11.8 Å². The molecule has 2 aliphatic heterocycles. The summed E-state index contributed by atoms with van der Waals surface area (Å²) >= 11 is 1.95. The molecule has 0 aliphatic carbocycles. The Morgan fingerprint density at radius 3 is 2.67 bits per heavy atom. The lowest BCUT2D eigenvalue weighted by atomic mass is 10.00. The number of hydrogen-bond acceptors (Lipinski definition) is 4. The van der Waals surface area contributed by atoms with Gasteiger partial charge in [-0.15, -0.1) is 24.0 Å². The summed E-state index contributed by atoms with van der Waals surface area (Å²) in [6.45, 7) is 4.86. The fourth-order valence-corrected chi connectivity index (χ4v) is 4.06. The summed E-state index contributed by atoms with van der Waals surface area (Å²) in [4.78, 5) is 8.81. The van der Waals surface area contributed by atoms with E-state index in [4.69, 9.17) is 5.73 Å². The van der Waals surface area contributed by atoms with Crippen molar-refractivity contribution in [2.45, 2.75) is 19.1 Å². The van der Waals surface area contributed by atoms with Crippen LogP contribution < -0.4 is 5.73 Å². The molecule has 0 bridgehead atoms. The molecular weight excluding hydrogens is 435 g/mol. The first-order valence-electron chi connectivity index (χ1n) is 8.32. The first-order chi connectivity index (χ1) is 11.2. The molecule has 1 aromatic rings. The number of rotatable bonds is 4. The SMILES string of the molecule is I.NC(=NCC(O)CN1CCc2ccccc2C1)N1CCSCC1. The molecule has 5 nitrogen and oxygen atoms in total. The smallest absolute Gasteiger partial charge is 0.191 e. The van der Waals surface area contributed by atoms with Crippen molar-refractivity contribution in [1.82, 2.24) is 9.80 Å². The number of benzene rings is 1. The Morgan fingerprint density at radius 1 is 1.21 bits per heavy atom. The minimum Gasteiger partial charge on any atom is -0.390 e. The molecule has 3 rings (SSSR count). The average Bonchev–Trinajstić information content (AvgIpc) is 2.60. The van der Waals surface area contributed by atoms with Crippen LogP contribution in [0.4, 0.5) is 0 Å². The van der Waals surface area contributed by atoms with Crippen LogP contribution in [0.1, 0.15) is 11.1 Å². The van der Waals surface area contributed by atoms with E-state index in [1.54, 1.807) is 0 Å².